The Hall–Kier alpha value is -7.78. The lowest BCUT2D eigenvalue weighted by atomic mass is 9.85. The second kappa shape index (κ2) is 23.4. The lowest BCUT2D eigenvalue weighted by molar-refractivity contribution is -0.159. The Bertz CT molecular complexity index is 3000. The van der Waals surface area contributed by atoms with Gasteiger partial charge in [-0.05, 0) is 114 Å². The van der Waals surface area contributed by atoms with Crippen molar-refractivity contribution in [3.63, 3.8) is 0 Å². The zero-order valence-corrected chi connectivity index (χ0v) is 40.0. The minimum absolute atomic E-state index is 0.0317. The van der Waals surface area contributed by atoms with E-state index in [-0.39, 0.29) is 80.1 Å². The van der Waals surface area contributed by atoms with E-state index in [0.717, 1.165) is 60.3 Å². The van der Waals surface area contributed by atoms with Gasteiger partial charge in [-0.25, -0.2) is 9.59 Å². The van der Waals surface area contributed by atoms with Crippen LogP contribution in [0.2, 0.25) is 0 Å². The first-order chi connectivity index (χ1) is 35.1. The summed E-state index contributed by atoms with van der Waals surface area (Å²) in [5.74, 6) is 0.125. The SMILES string of the molecule is O=C(C[C@@H](c1ccccc1)c1cccc(OCc2ccc(C(=O)OCCN(Cc3ccccc3)C(=O)Nc3ccc(CNC[C@H](O)c4ccc(O)c5[nH]c(=O)ccc45)cc3)cc2)c1)O[C@H]1CN2CCC1CC2. The monoisotopic (exact) mass is 969 g/mol. The Morgan fingerprint density at radius 1 is 0.778 bits per heavy atom. The Morgan fingerprint density at radius 3 is 2.24 bits per heavy atom. The van der Waals surface area contributed by atoms with Gasteiger partial charge in [0.15, 0.2) is 0 Å². The number of aromatic hydroxyl groups is 1. The second-order valence-corrected chi connectivity index (χ2v) is 18.5. The summed E-state index contributed by atoms with van der Waals surface area (Å²) in [4.78, 5) is 58.7. The van der Waals surface area contributed by atoms with Gasteiger partial charge in [0.05, 0.1) is 30.1 Å². The first-order valence-electron chi connectivity index (χ1n) is 24.5. The molecule has 1 aromatic heterocycles. The van der Waals surface area contributed by atoms with Crippen LogP contribution in [0.15, 0.2) is 163 Å². The van der Waals surface area contributed by atoms with Crippen LogP contribution in [0.4, 0.5) is 10.5 Å². The van der Waals surface area contributed by atoms with Crippen molar-refractivity contribution in [1.29, 1.82) is 0 Å². The van der Waals surface area contributed by atoms with Gasteiger partial charge in [0.25, 0.3) is 0 Å². The highest BCUT2D eigenvalue weighted by Gasteiger charge is 2.37. The van der Waals surface area contributed by atoms with Gasteiger partial charge >= 0.3 is 18.0 Å². The van der Waals surface area contributed by atoms with E-state index in [1.165, 1.54) is 12.1 Å². The molecule has 3 aliphatic heterocycles. The van der Waals surface area contributed by atoms with Crippen LogP contribution in [-0.2, 0) is 34.0 Å². The summed E-state index contributed by atoms with van der Waals surface area (Å²) in [5, 5.41) is 27.9. The van der Waals surface area contributed by atoms with E-state index in [1.807, 2.05) is 109 Å². The number of urea groups is 1. The maximum atomic E-state index is 13.7. The highest BCUT2D eigenvalue weighted by Crippen LogP contribution is 2.34. The number of aliphatic hydroxyl groups excluding tert-OH is 1. The number of phenols is 1. The number of amides is 2. The molecule has 10 rings (SSSR count). The minimum Gasteiger partial charge on any atom is -0.506 e. The Balaban J connectivity index is 0.751. The maximum absolute atomic E-state index is 13.7. The number of benzene rings is 6. The van der Waals surface area contributed by atoms with Crippen LogP contribution in [0, 0.1) is 5.92 Å². The third-order valence-corrected chi connectivity index (χ3v) is 13.5. The highest BCUT2D eigenvalue weighted by molar-refractivity contribution is 5.90. The standard InChI is InChI=1S/C58H59N5O9/c64-51-24-22-48(49-23-25-54(66)61-56(49)51)52(65)35-59-34-39-16-20-46(21-17-39)60-58(69)63(36-40-8-3-1-4-9-40)30-31-70-57(68)44-18-14-41(15-19-44)38-71-47-13-7-12-45(32-47)50(42-10-5-2-6-11-42)33-55(67)72-53-37-62-28-26-43(53)27-29-62/h1-25,32,43,50,52-53,59,64-65H,26-31,33-38H2,(H,60,69)(H,61,66)/t50-,52-,53-/m0/s1. The van der Waals surface area contributed by atoms with Gasteiger partial charge < -0.3 is 44.9 Å². The second-order valence-electron chi connectivity index (χ2n) is 18.5. The van der Waals surface area contributed by atoms with Crippen LogP contribution in [0.25, 0.3) is 10.9 Å². The molecule has 370 valence electrons. The molecular formula is C58H59N5O9. The van der Waals surface area contributed by atoms with Crippen molar-refractivity contribution in [3.8, 4) is 11.5 Å². The number of H-pyrrole nitrogens is 1. The van der Waals surface area contributed by atoms with E-state index in [4.69, 9.17) is 14.2 Å². The molecule has 3 atom stereocenters. The number of aliphatic hydroxyl groups is 1. The van der Waals surface area contributed by atoms with E-state index < -0.39 is 12.1 Å². The maximum Gasteiger partial charge on any atom is 0.338 e. The number of pyridine rings is 1. The summed E-state index contributed by atoms with van der Waals surface area (Å²) in [6.07, 6.45) is 1.44. The van der Waals surface area contributed by atoms with Crippen molar-refractivity contribution in [2.75, 3.05) is 44.6 Å². The number of carbonyl (C=O) groups excluding carboxylic acids is 3. The number of esters is 2. The fourth-order valence-electron chi connectivity index (χ4n) is 9.58. The van der Waals surface area contributed by atoms with Gasteiger partial charge in [0.2, 0.25) is 5.56 Å². The topological polar surface area (TPSA) is 183 Å². The third-order valence-electron chi connectivity index (χ3n) is 13.5. The van der Waals surface area contributed by atoms with E-state index in [1.54, 1.807) is 41.3 Å². The van der Waals surface area contributed by atoms with Crippen molar-refractivity contribution in [2.24, 2.45) is 5.92 Å². The summed E-state index contributed by atoms with van der Waals surface area (Å²) in [6, 6.07) is 47.4. The molecule has 72 heavy (non-hydrogen) atoms. The zero-order valence-electron chi connectivity index (χ0n) is 40.0. The first kappa shape index (κ1) is 49.2. The molecule has 7 aromatic rings. The van der Waals surface area contributed by atoms with Crippen LogP contribution in [-0.4, -0.2) is 88.4 Å². The van der Waals surface area contributed by atoms with Gasteiger partial charge in [-0.1, -0.05) is 103 Å². The lowest BCUT2D eigenvalue weighted by Gasteiger charge is -2.44. The molecule has 0 aliphatic carbocycles. The number of carbonyl (C=O) groups is 3. The average Bonchev–Trinajstić information content (AvgIpc) is 3.41. The molecule has 2 amide bonds. The summed E-state index contributed by atoms with van der Waals surface area (Å²) < 4.78 is 18.0. The van der Waals surface area contributed by atoms with Crippen LogP contribution in [0.3, 0.4) is 0 Å². The molecule has 0 saturated carbocycles. The van der Waals surface area contributed by atoms with Gasteiger partial charge in [-0.2, -0.15) is 0 Å². The van der Waals surface area contributed by atoms with Gasteiger partial charge in [0, 0.05) is 49.2 Å². The molecule has 3 aliphatic rings. The average molecular weight is 970 g/mol. The van der Waals surface area contributed by atoms with E-state index >= 15 is 0 Å². The number of nitrogens with one attached hydrogen (secondary N) is 3. The fraction of sp³-hybridized carbons (Fsp3) is 0.276. The number of nitrogens with zero attached hydrogens (tertiary/aromatic N) is 2. The van der Waals surface area contributed by atoms with E-state index in [2.05, 4.69) is 20.5 Å². The molecule has 3 fully saturated rings. The normalized spacial score (nSPS) is 16.9. The van der Waals surface area contributed by atoms with Crippen LogP contribution in [0.5, 0.6) is 11.5 Å². The van der Waals surface area contributed by atoms with Gasteiger partial charge in [0.1, 0.15) is 30.8 Å². The Morgan fingerprint density at radius 2 is 1.50 bits per heavy atom. The van der Waals surface area contributed by atoms with E-state index in [9.17, 15) is 29.4 Å². The zero-order chi connectivity index (χ0) is 49.8. The smallest absolute Gasteiger partial charge is 0.338 e. The molecule has 0 spiro atoms. The molecule has 2 bridgehead atoms. The molecule has 4 heterocycles. The predicted molar refractivity (Wildman–Crippen MR) is 275 cm³/mol. The van der Waals surface area contributed by atoms with Crippen molar-refractivity contribution >= 4 is 34.6 Å². The number of rotatable bonds is 20. The molecule has 3 saturated heterocycles. The number of fused-ring (bicyclic) bond motifs is 4. The van der Waals surface area contributed by atoms with Gasteiger partial charge in [-0.15, -0.1) is 0 Å². The Kier molecular flexibility index (Phi) is 16.0. The molecule has 6 aromatic carbocycles. The molecule has 5 N–H and O–H groups in total. The number of anilines is 1. The Labute approximate surface area is 418 Å². The first-order valence-corrected chi connectivity index (χ1v) is 24.5. The number of phenolic OH excluding ortho intramolecular Hbond substituents is 1. The quantitative estimate of drug-likeness (QED) is 0.0461. The molecule has 0 radical (unpaired) electrons. The number of aromatic amines is 1. The summed E-state index contributed by atoms with van der Waals surface area (Å²) >= 11 is 0. The number of hydrogen-bond donors (Lipinski definition) is 5. The fourth-order valence-corrected chi connectivity index (χ4v) is 9.58. The molecule has 14 nitrogen and oxygen atoms in total. The van der Waals surface area contributed by atoms with Crippen LogP contribution >= 0.6 is 0 Å². The van der Waals surface area contributed by atoms with Gasteiger partial charge in [-0.3, -0.25) is 14.5 Å². The van der Waals surface area contributed by atoms with Crippen molar-refractivity contribution in [3.05, 3.63) is 207 Å². The third kappa shape index (κ3) is 12.8. The highest BCUT2D eigenvalue weighted by atomic mass is 16.5. The largest absolute Gasteiger partial charge is 0.506 e. The number of aromatic nitrogens is 1. The summed E-state index contributed by atoms with van der Waals surface area (Å²) in [6.45, 7) is 4.29. The predicted octanol–water partition coefficient (Wildman–Crippen LogP) is 8.69. The number of ether oxygens (including phenoxy) is 3. The van der Waals surface area contributed by atoms with Crippen molar-refractivity contribution in [1.82, 2.24) is 20.1 Å². The van der Waals surface area contributed by atoms with Crippen molar-refractivity contribution in [2.45, 2.75) is 57.1 Å². The molecule has 0 unspecified atom stereocenters. The molecular weight excluding hydrogens is 911 g/mol. The molecule has 14 heteroatoms. The number of piperidine rings is 3. The summed E-state index contributed by atoms with van der Waals surface area (Å²) in [7, 11) is 0. The van der Waals surface area contributed by atoms with Crippen LogP contribution < -0.4 is 20.9 Å². The summed E-state index contributed by atoms with van der Waals surface area (Å²) in [5.41, 5.74) is 6.11. The minimum atomic E-state index is -0.902. The van der Waals surface area contributed by atoms with E-state index in [0.29, 0.717) is 40.4 Å². The van der Waals surface area contributed by atoms with Crippen molar-refractivity contribution < 1.29 is 38.8 Å². The van der Waals surface area contributed by atoms with Crippen LogP contribution in [0.1, 0.15) is 75.0 Å². The lowest BCUT2D eigenvalue weighted by Crippen LogP contribution is -2.52. The number of hydrogen-bond acceptors (Lipinski definition) is 11.